The van der Waals surface area contributed by atoms with Gasteiger partial charge in [0.2, 0.25) is 5.60 Å². The largest absolute Gasteiger partial charge is 0.496 e. The molecular weight excluding hydrogens is 414 g/mol. The minimum Gasteiger partial charge on any atom is -0.496 e. The summed E-state index contributed by atoms with van der Waals surface area (Å²) in [6.45, 7) is 0. The standard InChI is InChI=1S/C25H22ClNO4/c1-29-23-12-11-20(26)14-21(23)18-9-6-10-19(13-18)22-16-25(31-27-22,24(28)30-2)15-17-7-4-3-5-8-17/h3-14H,15-16H2,1-2H3. The smallest absolute Gasteiger partial charge is 0.353 e. The van der Waals surface area contributed by atoms with E-state index in [1.165, 1.54) is 7.11 Å². The summed E-state index contributed by atoms with van der Waals surface area (Å²) in [6, 6.07) is 23.0. The normalized spacial score (nSPS) is 17.6. The molecule has 158 valence electrons. The fourth-order valence-corrected chi connectivity index (χ4v) is 3.96. The Morgan fingerprint density at radius 3 is 2.55 bits per heavy atom. The molecule has 1 aliphatic rings. The van der Waals surface area contributed by atoms with Crippen LogP contribution in [0.1, 0.15) is 17.5 Å². The van der Waals surface area contributed by atoms with Crippen molar-refractivity contribution < 1.29 is 19.1 Å². The Kier molecular flexibility index (Phi) is 5.96. The molecule has 1 atom stereocenters. The molecule has 1 heterocycles. The molecular formula is C25H22ClNO4. The van der Waals surface area contributed by atoms with Gasteiger partial charge in [-0.3, -0.25) is 0 Å². The molecule has 0 radical (unpaired) electrons. The van der Waals surface area contributed by atoms with Gasteiger partial charge in [-0.05, 0) is 35.4 Å². The molecule has 0 aliphatic carbocycles. The Morgan fingerprint density at radius 1 is 1.03 bits per heavy atom. The van der Waals surface area contributed by atoms with Crippen molar-refractivity contribution in [1.29, 1.82) is 0 Å². The summed E-state index contributed by atoms with van der Waals surface area (Å²) < 4.78 is 10.6. The Bertz CT molecular complexity index is 1130. The predicted octanol–water partition coefficient (Wildman–Crippen LogP) is 5.29. The third-order valence-corrected chi connectivity index (χ3v) is 5.58. The highest BCUT2D eigenvalue weighted by molar-refractivity contribution is 6.31. The quantitative estimate of drug-likeness (QED) is 0.493. The molecule has 3 aromatic carbocycles. The second kappa shape index (κ2) is 8.82. The van der Waals surface area contributed by atoms with Crippen LogP contribution in [0, 0.1) is 0 Å². The van der Waals surface area contributed by atoms with Crippen LogP contribution in [0.5, 0.6) is 5.75 Å². The van der Waals surface area contributed by atoms with Gasteiger partial charge in [0.25, 0.3) is 0 Å². The minimum absolute atomic E-state index is 0.310. The maximum Gasteiger partial charge on any atom is 0.353 e. The van der Waals surface area contributed by atoms with E-state index >= 15 is 0 Å². The highest BCUT2D eigenvalue weighted by Crippen LogP contribution is 2.35. The zero-order chi connectivity index (χ0) is 21.8. The van der Waals surface area contributed by atoms with Gasteiger partial charge in [0.05, 0.1) is 19.9 Å². The van der Waals surface area contributed by atoms with Gasteiger partial charge in [0.15, 0.2) is 0 Å². The molecule has 0 aromatic heterocycles. The van der Waals surface area contributed by atoms with Crippen LogP contribution in [-0.4, -0.2) is 31.5 Å². The lowest BCUT2D eigenvalue weighted by Crippen LogP contribution is -2.42. The van der Waals surface area contributed by atoms with Crippen molar-refractivity contribution >= 4 is 23.3 Å². The van der Waals surface area contributed by atoms with Gasteiger partial charge in [-0.15, -0.1) is 0 Å². The Morgan fingerprint density at radius 2 is 1.81 bits per heavy atom. The lowest BCUT2D eigenvalue weighted by molar-refractivity contribution is -0.166. The number of halogens is 1. The number of hydrogen-bond acceptors (Lipinski definition) is 5. The first-order valence-electron chi connectivity index (χ1n) is 9.86. The predicted molar refractivity (Wildman–Crippen MR) is 121 cm³/mol. The maximum atomic E-state index is 12.7. The molecule has 1 unspecified atom stereocenters. The SMILES string of the molecule is COC(=O)C1(Cc2ccccc2)CC(c2cccc(-c3cc(Cl)ccc3OC)c2)=NO1. The molecule has 6 heteroatoms. The number of rotatable bonds is 6. The van der Waals surface area contributed by atoms with Crippen molar-refractivity contribution in [3.63, 3.8) is 0 Å². The van der Waals surface area contributed by atoms with Gasteiger partial charge in [-0.2, -0.15) is 0 Å². The maximum absolute atomic E-state index is 12.7. The monoisotopic (exact) mass is 435 g/mol. The minimum atomic E-state index is -1.19. The summed E-state index contributed by atoms with van der Waals surface area (Å²) in [5.41, 5.74) is 3.14. The second-order valence-electron chi connectivity index (χ2n) is 7.38. The average molecular weight is 436 g/mol. The van der Waals surface area contributed by atoms with Gasteiger partial charge in [0, 0.05) is 29.0 Å². The fraction of sp³-hybridized carbons (Fsp3) is 0.200. The van der Waals surface area contributed by atoms with Crippen LogP contribution in [0.4, 0.5) is 0 Å². The molecule has 5 nitrogen and oxygen atoms in total. The highest BCUT2D eigenvalue weighted by Gasteiger charge is 2.48. The third kappa shape index (κ3) is 4.28. The van der Waals surface area contributed by atoms with E-state index in [1.54, 1.807) is 13.2 Å². The number of methoxy groups -OCH3 is 2. The molecule has 0 saturated carbocycles. The van der Waals surface area contributed by atoms with Gasteiger partial charge in [0.1, 0.15) is 5.75 Å². The van der Waals surface area contributed by atoms with E-state index in [0.29, 0.717) is 23.6 Å². The summed E-state index contributed by atoms with van der Waals surface area (Å²) in [7, 11) is 2.99. The summed E-state index contributed by atoms with van der Waals surface area (Å²) in [5.74, 6) is 0.280. The number of carbonyl (C=O) groups excluding carboxylic acids is 1. The van der Waals surface area contributed by atoms with Crippen LogP contribution in [0.2, 0.25) is 5.02 Å². The van der Waals surface area contributed by atoms with E-state index in [1.807, 2.05) is 66.7 Å². The number of oxime groups is 1. The van der Waals surface area contributed by atoms with E-state index in [0.717, 1.165) is 28.0 Å². The molecule has 31 heavy (non-hydrogen) atoms. The number of esters is 1. The zero-order valence-corrected chi connectivity index (χ0v) is 18.1. The van der Waals surface area contributed by atoms with Crippen LogP contribution in [0.3, 0.4) is 0 Å². The van der Waals surface area contributed by atoms with Crippen LogP contribution in [0.15, 0.2) is 78.0 Å². The summed E-state index contributed by atoms with van der Waals surface area (Å²) in [6.07, 6.45) is 0.681. The molecule has 3 aromatic rings. The molecule has 0 fully saturated rings. The van der Waals surface area contributed by atoms with Crippen molar-refractivity contribution in [2.24, 2.45) is 5.16 Å². The first-order chi connectivity index (χ1) is 15.0. The first-order valence-corrected chi connectivity index (χ1v) is 10.2. The Balaban J connectivity index is 1.65. The topological polar surface area (TPSA) is 57.1 Å². The van der Waals surface area contributed by atoms with Crippen LogP contribution in [0.25, 0.3) is 11.1 Å². The number of benzene rings is 3. The number of ether oxygens (including phenoxy) is 2. The van der Waals surface area contributed by atoms with E-state index in [-0.39, 0.29) is 0 Å². The Hall–Kier alpha value is -3.31. The molecule has 0 amide bonds. The van der Waals surface area contributed by atoms with Crippen molar-refractivity contribution in [3.05, 3.63) is 88.9 Å². The van der Waals surface area contributed by atoms with E-state index in [9.17, 15) is 4.79 Å². The summed E-state index contributed by atoms with van der Waals surface area (Å²) >= 11 is 6.21. The molecule has 4 rings (SSSR count). The van der Waals surface area contributed by atoms with Gasteiger partial charge in [-0.25, -0.2) is 4.79 Å². The fourth-order valence-electron chi connectivity index (χ4n) is 3.79. The molecule has 0 N–H and O–H groups in total. The van der Waals surface area contributed by atoms with Crippen LogP contribution >= 0.6 is 11.6 Å². The number of carbonyl (C=O) groups is 1. The van der Waals surface area contributed by atoms with E-state index in [2.05, 4.69) is 5.16 Å². The van der Waals surface area contributed by atoms with E-state index < -0.39 is 11.6 Å². The Labute approximate surface area is 186 Å². The van der Waals surface area contributed by atoms with E-state index in [4.69, 9.17) is 25.9 Å². The number of nitrogens with zero attached hydrogens (tertiary/aromatic N) is 1. The van der Waals surface area contributed by atoms with Gasteiger partial charge >= 0.3 is 5.97 Å². The van der Waals surface area contributed by atoms with Gasteiger partial charge < -0.3 is 14.3 Å². The van der Waals surface area contributed by atoms with Crippen molar-refractivity contribution in [1.82, 2.24) is 0 Å². The van der Waals surface area contributed by atoms with Crippen molar-refractivity contribution in [2.75, 3.05) is 14.2 Å². The first kappa shape index (κ1) is 20.9. The number of hydrogen-bond donors (Lipinski definition) is 0. The average Bonchev–Trinajstić information content (AvgIpc) is 3.24. The lowest BCUT2D eigenvalue weighted by atomic mass is 9.87. The molecule has 0 spiro atoms. The molecule has 0 bridgehead atoms. The molecule has 0 saturated heterocycles. The van der Waals surface area contributed by atoms with Crippen molar-refractivity contribution in [3.8, 4) is 16.9 Å². The summed E-state index contributed by atoms with van der Waals surface area (Å²) in [4.78, 5) is 18.4. The van der Waals surface area contributed by atoms with Crippen LogP contribution < -0.4 is 4.74 Å². The lowest BCUT2D eigenvalue weighted by Gasteiger charge is -2.23. The van der Waals surface area contributed by atoms with Gasteiger partial charge in [-0.1, -0.05) is 65.3 Å². The zero-order valence-electron chi connectivity index (χ0n) is 17.3. The summed E-state index contributed by atoms with van der Waals surface area (Å²) in [5, 5.41) is 4.90. The van der Waals surface area contributed by atoms with Crippen molar-refractivity contribution in [2.45, 2.75) is 18.4 Å². The van der Waals surface area contributed by atoms with Crippen LogP contribution in [-0.2, 0) is 20.8 Å². The second-order valence-corrected chi connectivity index (χ2v) is 7.82. The molecule has 1 aliphatic heterocycles. The third-order valence-electron chi connectivity index (χ3n) is 5.34. The highest BCUT2D eigenvalue weighted by atomic mass is 35.5.